The summed E-state index contributed by atoms with van der Waals surface area (Å²) in [5, 5.41) is 2.94. The fourth-order valence-electron chi connectivity index (χ4n) is 2.98. The molecular formula is C20H22N2O2. The van der Waals surface area contributed by atoms with E-state index in [-0.39, 0.29) is 17.7 Å². The molecule has 1 N–H and O–H groups in total. The molecule has 0 atom stereocenters. The van der Waals surface area contributed by atoms with Crippen molar-refractivity contribution in [2.24, 2.45) is 5.92 Å². The molecule has 0 aromatic heterocycles. The van der Waals surface area contributed by atoms with E-state index in [9.17, 15) is 9.59 Å². The van der Waals surface area contributed by atoms with Gasteiger partial charge in [0.15, 0.2) is 0 Å². The molecule has 1 aliphatic heterocycles. The van der Waals surface area contributed by atoms with Gasteiger partial charge in [0.2, 0.25) is 5.91 Å². The van der Waals surface area contributed by atoms with Gasteiger partial charge in [-0.1, -0.05) is 44.2 Å². The number of nitrogens with one attached hydrogen (secondary N) is 1. The van der Waals surface area contributed by atoms with Gasteiger partial charge in [0, 0.05) is 30.3 Å². The van der Waals surface area contributed by atoms with Gasteiger partial charge >= 0.3 is 0 Å². The third-order valence-corrected chi connectivity index (χ3v) is 4.29. The van der Waals surface area contributed by atoms with Gasteiger partial charge < -0.3 is 10.2 Å². The predicted octanol–water partition coefficient (Wildman–Crippen LogP) is 3.16. The Labute approximate surface area is 142 Å². The van der Waals surface area contributed by atoms with E-state index in [0.29, 0.717) is 12.1 Å². The Balaban J connectivity index is 1.67. The first-order valence-corrected chi connectivity index (χ1v) is 8.32. The zero-order valence-corrected chi connectivity index (χ0v) is 14.1. The number of amides is 2. The van der Waals surface area contributed by atoms with Gasteiger partial charge in [-0.15, -0.1) is 0 Å². The van der Waals surface area contributed by atoms with Crippen LogP contribution < -0.4 is 10.2 Å². The maximum atomic E-state index is 12.2. The van der Waals surface area contributed by atoms with E-state index < -0.39 is 0 Å². The Hall–Kier alpha value is -2.62. The summed E-state index contributed by atoms with van der Waals surface area (Å²) < 4.78 is 0. The zero-order valence-electron chi connectivity index (χ0n) is 14.1. The van der Waals surface area contributed by atoms with Crippen molar-refractivity contribution in [3.8, 4) is 0 Å². The summed E-state index contributed by atoms with van der Waals surface area (Å²) in [5.41, 5.74) is 3.89. The maximum Gasteiger partial charge on any atom is 0.251 e. The van der Waals surface area contributed by atoms with Crippen LogP contribution in [0.1, 0.15) is 35.3 Å². The molecule has 4 nitrogen and oxygen atoms in total. The Kier molecular flexibility index (Phi) is 4.65. The van der Waals surface area contributed by atoms with E-state index >= 15 is 0 Å². The van der Waals surface area contributed by atoms with E-state index in [1.54, 1.807) is 12.1 Å². The van der Waals surface area contributed by atoms with E-state index in [1.165, 1.54) is 5.56 Å². The first-order valence-electron chi connectivity index (χ1n) is 8.32. The second-order valence-electron chi connectivity index (χ2n) is 6.41. The highest BCUT2D eigenvalue weighted by Gasteiger charge is 2.26. The Morgan fingerprint density at radius 3 is 2.58 bits per heavy atom. The summed E-state index contributed by atoms with van der Waals surface area (Å²) in [6.07, 6.45) is 0.869. The van der Waals surface area contributed by atoms with Crippen LogP contribution in [-0.4, -0.2) is 18.4 Å². The molecule has 2 aromatic carbocycles. The Morgan fingerprint density at radius 1 is 1.12 bits per heavy atom. The van der Waals surface area contributed by atoms with Crippen LogP contribution in [0, 0.1) is 5.92 Å². The summed E-state index contributed by atoms with van der Waals surface area (Å²) >= 11 is 0. The minimum atomic E-state index is -0.0762. The number of carbonyl (C=O) groups excluding carboxylic acids is 2. The highest BCUT2D eigenvalue weighted by Crippen LogP contribution is 2.30. The van der Waals surface area contributed by atoms with Crippen molar-refractivity contribution < 1.29 is 9.59 Å². The monoisotopic (exact) mass is 322 g/mol. The van der Waals surface area contributed by atoms with Gasteiger partial charge in [-0.05, 0) is 35.7 Å². The van der Waals surface area contributed by atoms with Crippen LogP contribution >= 0.6 is 0 Å². The van der Waals surface area contributed by atoms with Crippen LogP contribution in [0.25, 0.3) is 0 Å². The van der Waals surface area contributed by atoms with Crippen LogP contribution in [-0.2, 0) is 17.8 Å². The molecule has 0 aliphatic carbocycles. The third kappa shape index (κ3) is 3.32. The predicted molar refractivity (Wildman–Crippen MR) is 94.9 cm³/mol. The molecule has 2 amide bonds. The van der Waals surface area contributed by atoms with Crippen molar-refractivity contribution in [2.75, 3.05) is 11.4 Å². The second kappa shape index (κ2) is 6.87. The molecule has 0 saturated carbocycles. The molecule has 4 heteroatoms. The number of hydrogen-bond acceptors (Lipinski definition) is 2. The molecule has 1 aliphatic rings. The lowest BCUT2D eigenvalue weighted by atomic mass is 10.1. The van der Waals surface area contributed by atoms with Crippen LogP contribution in [0.5, 0.6) is 0 Å². The van der Waals surface area contributed by atoms with Gasteiger partial charge in [0.25, 0.3) is 5.91 Å². The number of rotatable bonds is 4. The first-order chi connectivity index (χ1) is 11.6. The summed E-state index contributed by atoms with van der Waals surface area (Å²) in [4.78, 5) is 26.2. The summed E-state index contributed by atoms with van der Waals surface area (Å²) in [6, 6.07) is 15.3. The second-order valence-corrected chi connectivity index (χ2v) is 6.41. The van der Waals surface area contributed by atoms with Gasteiger partial charge in [-0.3, -0.25) is 9.59 Å². The van der Waals surface area contributed by atoms with Crippen molar-refractivity contribution >= 4 is 17.5 Å². The zero-order chi connectivity index (χ0) is 17.1. The molecule has 124 valence electrons. The standard InChI is InChI=1S/C20H22N2O2/c1-14(2)20(24)22-11-10-17-12-15(8-9-18(17)22)13-21-19(23)16-6-4-3-5-7-16/h3-9,12,14H,10-11,13H2,1-2H3,(H,21,23). The molecule has 1 heterocycles. The minimum absolute atomic E-state index is 0.000729. The summed E-state index contributed by atoms with van der Waals surface area (Å²) in [5.74, 6) is 0.0902. The molecule has 0 spiro atoms. The lowest BCUT2D eigenvalue weighted by molar-refractivity contribution is -0.121. The largest absolute Gasteiger partial charge is 0.348 e. The van der Waals surface area contributed by atoms with Crippen molar-refractivity contribution in [3.63, 3.8) is 0 Å². The lowest BCUT2D eigenvalue weighted by Gasteiger charge is -2.19. The molecule has 2 aromatic rings. The van der Waals surface area contributed by atoms with Gasteiger partial charge in [0.05, 0.1) is 0 Å². The highest BCUT2D eigenvalue weighted by atomic mass is 16.2. The summed E-state index contributed by atoms with van der Waals surface area (Å²) in [7, 11) is 0. The number of hydrogen-bond donors (Lipinski definition) is 1. The number of nitrogens with zero attached hydrogens (tertiary/aromatic N) is 1. The molecule has 0 fully saturated rings. The number of benzene rings is 2. The lowest BCUT2D eigenvalue weighted by Crippen LogP contribution is -2.32. The topological polar surface area (TPSA) is 49.4 Å². The van der Waals surface area contributed by atoms with E-state index in [2.05, 4.69) is 11.4 Å². The number of anilines is 1. The fraction of sp³-hybridized carbons (Fsp3) is 0.300. The Morgan fingerprint density at radius 2 is 1.88 bits per heavy atom. The molecular weight excluding hydrogens is 300 g/mol. The summed E-state index contributed by atoms with van der Waals surface area (Å²) in [6.45, 7) is 5.08. The van der Waals surface area contributed by atoms with Gasteiger partial charge in [-0.2, -0.15) is 0 Å². The van der Waals surface area contributed by atoms with Crippen LogP contribution in [0.3, 0.4) is 0 Å². The van der Waals surface area contributed by atoms with Crippen LogP contribution in [0.2, 0.25) is 0 Å². The van der Waals surface area contributed by atoms with E-state index in [0.717, 1.165) is 24.2 Å². The number of carbonyl (C=O) groups is 2. The minimum Gasteiger partial charge on any atom is -0.348 e. The van der Waals surface area contributed by atoms with Gasteiger partial charge in [-0.25, -0.2) is 0 Å². The normalized spacial score (nSPS) is 13.0. The SMILES string of the molecule is CC(C)C(=O)N1CCc2cc(CNC(=O)c3ccccc3)ccc21. The van der Waals surface area contributed by atoms with Crippen molar-refractivity contribution in [1.29, 1.82) is 0 Å². The molecule has 3 rings (SSSR count). The molecule has 24 heavy (non-hydrogen) atoms. The molecule has 0 bridgehead atoms. The maximum absolute atomic E-state index is 12.2. The average Bonchev–Trinajstić information content (AvgIpc) is 3.02. The first kappa shape index (κ1) is 16.2. The number of fused-ring (bicyclic) bond motifs is 1. The van der Waals surface area contributed by atoms with Crippen molar-refractivity contribution in [1.82, 2.24) is 5.32 Å². The molecule has 0 saturated heterocycles. The third-order valence-electron chi connectivity index (χ3n) is 4.29. The Bertz CT molecular complexity index is 753. The quantitative estimate of drug-likeness (QED) is 0.940. The highest BCUT2D eigenvalue weighted by molar-refractivity contribution is 5.96. The van der Waals surface area contributed by atoms with Gasteiger partial charge in [0.1, 0.15) is 0 Å². The van der Waals surface area contributed by atoms with Crippen LogP contribution in [0.15, 0.2) is 48.5 Å². The fourth-order valence-corrected chi connectivity index (χ4v) is 2.98. The smallest absolute Gasteiger partial charge is 0.251 e. The van der Waals surface area contributed by atoms with E-state index in [4.69, 9.17) is 0 Å². The van der Waals surface area contributed by atoms with E-state index in [1.807, 2.05) is 49.1 Å². The molecule has 0 radical (unpaired) electrons. The van der Waals surface area contributed by atoms with Crippen molar-refractivity contribution in [3.05, 3.63) is 65.2 Å². The van der Waals surface area contributed by atoms with Crippen molar-refractivity contribution in [2.45, 2.75) is 26.8 Å². The molecule has 0 unspecified atom stereocenters. The average molecular weight is 322 g/mol. The van der Waals surface area contributed by atoms with Crippen LogP contribution in [0.4, 0.5) is 5.69 Å².